The van der Waals surface area contributed by atoms with E-state index in [0.717, 1.165) is 47.1 Å². The van der Waals surface area contributed by atoms with E-state index in [9.17, 15) is 0 Å². The minimum Gasteiger partial charge on any atom is -0.383 e. The number of nitrogens with two attached hydrogens (primary N) is 1. The van der Waals surface area contributed by atoms with Gasteiger partial charge in [-0.3, -0.25) is 5.10 Å². The first-order valence-electron chi connectivity index (χ1n) is 9.92. The summed E-state index contributed by atoms with van der Waals surface area (Å²) in [5.41, 5.74) is 12.6. The molecule has 0 amide bonds. The monoisotopic (exact) mass is 388 g/mol. The van der Waals surface area contributed by atoms with Crippen molar-refractivity contribution in [2.75, 3.05) is 5.73 Å². The largest absolute Gasteiger partial charge is 0.383 e. The van der Waals surface area contributed by atoms with Crippen molar-refractivity contribution >= 4 is 16.9 Å². The molecule has 4 heterocycles. The van der Waals surface area contributed by atoms with Gasteiger partial charge in [0.1, 0.15) is 11.6 Å². The van der Waals surface area contributed by atoms with E-state index >= 15 is 0 Å². The molecule has 1 aliphatic carbocycles. The van der Waals surface area contributed by atoms with Gasteiger partial charge >= 0.3 is 0 Å². The number of aromatic nitrogens is 7. The molecule has 0 saturated carbocycles. The first-order chi connectivity index (χ1) is 14.0. The number of rotatable bonds is 4. The number of aryl methyl sites for hydroxylation is 1. The number of hydrogen-bond donors (Lipinski definition) is 2. The Morgan fingerprint density at radius 3 is 2.86 bits per heavy atom. The van der Waals surface area contributed by atoms with Gasteiger partial charge in [-0.2, -0.15) is 10.2 Å². The van der Waals surface area contributed by atoms with E-state index in [2.05, 4.69) is 50.2 Å². The zero-order valence-corrected chi connectivity index (χ0v) is 16.9. The average Bonchev–Trinajstić information content (AvgIpc) is 3.36. The van der Waals surface area contributed by atoms with Gasteiger partial charge in [-0.25, -0.2) is 19.6 Å². The Hall–Kier alpha value is -3.29. The van der Waals surface area contributed by atoms with Crippen molar-refractivity contribution in [1.29, 1.82) is 0 Å². The lowest BCUT2D eigenvalue weighted by Gasteiger charge is -2.20. The molecule has 29 heavy (non-hydrogen) atoms. The van der Waals surface area contributed by atoms with Crippen LogP contribution in [0.5, 0.6) is 0 Å². The topological polar surface area (TPSA) is 111 Å². The van der Waals surface area contributed by atoms with Crippen LogP contribution in [0.1, 0.15) is 42.9 Å². The summed E-state index contributed by atoms with van der Waals surface area (Å²) in [6.07, 6.45) is 8.73. The van der Waals surface area contributed by atoms with E-state index in [1.807, 2.05) is 24.0 Å². The summed E-state index contributed by atoms with van der Waals surface area (Å²) in [5.74, 6) is 1.13. The molecule has 1 aliphatic rings. The fourth-order valence-electron chi connectivity index (χ4n) is 4.16. The van der Waals surface area contributed by atoms with Gasteiger partial charge in [-0.1, -0.05) is 20.3 Å². The van der Waals surface area contributed by atoms with Gasteiger partial charge in [0, 0.05) is 40.2 Å². The molecule has 8 heteroatoms. The molecule has 0 radical (unpaired) electrons. The molecule has 8 nitrogen and oxygen atoms in total. The molecule has 3 N–H and O–H groups in total. The lowest BCUT2D eigenvalue weighted by molar-refractivity contribution is 0.329. The minimum atomic E-state index is 0.317. The van der Waals surface area contributed by atoms with Gasteiger partial charge < -0.3 is 5.73 Å². The summed E-state index contributed by atoms with van der Waals surface area (Å²) in [6, 6.07) is 2.11. The number of aromatic amines is 1. The maximum atomic E-state index is 6.03. The number of anilines is 1. The molecule has 1 unspecified atom stereocenters. The van der Waals surface area contributed by atoms with Crippen molar-refractivity contribution in [3.05, 3.63) is 47.3 Å². The second kappa shape index (κ2) is 6.37. The molecule has 4 aromatic rings. The molecular weight excluding hydrogens is 364 g/mol. The van der Waals surface area contributed by atoms with E-state index in [0.29, 0.717) is 23.6 Å². The van der Waals surface area contributed by atoms with Crippen LogP contribution in [0.2, 0.25) is 0 Å². The molecule has 0 aromatic carbocycles. The third kappa shape index (κ3) is 2.95. The minimum absolute atomic E-state index is 0.317. The van der Waals surface area contributed by atoms with Gasteiger partial charge in [0.2, 0.25) is 0 Å². The van der Waals surface area contributed by atoms with Crippen LogP contribution in [-0.2, 0) is 19.4 Å². The summed E-state index contributed by atoms with van der Waals surface area (Å²) in [6.45, 7) is 6.90. The van der Waals surface area contributed by atoms with Crippen molar-refractivity contribution in [2.24, 2.45) is 5.41 Å². The number of pyridine rings is 1. The standard InChI is InChI=1S/C21H24N8/c1-4-21(3)6-16-17(7-21)27-28-18(16)13-5-14-10-25-29(20(14)24-8-13)11-15-9-23-12(2)26-19(15)22/h5,8-10H,4,6-7,11H2,1-3H3,(H,27,28)(H2,22,23,26). The zero-order valence-electron chi connectivity index (χ0n) is 16.9. The summed E-state index contributed by atoms with van der Waals surface area (Å²) >= 11 is 0. The number of nitrogen functional groups attached to an aromatic ring is 1. The average molecular weight is 388 g/mol. The van der Waals surface area contributed by atoms with Crippen molar-refractivity contribution in [3.8, 4) is 11.3 Å². The summed E-state index contributed by atoms with van der Waals surface area (Å²) in [7, 11) is 0. The molecule has 0 spiro atoms. The molecular formula is C21H24N8. The Morgan fingerprint density at radius 1 is 1.21 bits per heavy atom. The van der Waals surface area contributed by atoms with Gasteiger partial charge in [0.05, 0.1) is 18.4 Å². The van der Waals surface area contributed by atoms with Crippen LogP contribution in [0.25, 0.3) is 22.3 Å². The number of nitrogens with one attached hydrogen (secondary N) is 1. The van der Waals surface area contributed by atoms with E-state index in [1.165, 1.54) is 11.3 Å². The number of H-pyrrole nitrogens is 1. The fraction of sp³-hybridized carbons (Fsp3) is 0.381. The van der Waals surface area contributed by atoms with E-state index in [4.69, 9.17) is 5.73 Å². The molecule has 0 fully saturated rings. The Bertz CT molecular complexity index is 1220. The highest BCUT2D eigenvalue weighted by Gasteiger charge is 2.35. The zero-order chi connectivity index (χ0) is 20.2. The Balaban J connectivity index is 1.48. The Kier molecular flexibility index (Phi) is 3.90. The summed E-state index contributed by atoms with van der Waals surface area (Å²) in [5, 5.41) is 13.3. The molecule has 0 aliphatic heterocycles. The van der Waals surface area contributed by atoms with Crippen LogP contribution in [0.3, 0.4) is 0 Å². The lowest BCUT2D eigenvalue weighted by atomic mass is 9.84. The highest BCUT2D eigenvalue weighted by molar-refractivity contribution is 5.81. The normalized spacial score (nSPS) is 18.4. The molecule has 1 atom stereocenters. The van der Waals surface area contributed by atoms with Gasteiger partial charge in [-0.15, -0.1) is 0 Å². The lowest BCUT2D eigenvalue weighted by Crippen LogP contribution is -2.15. The van der Waals surface area contributed by atoms with Crippen molar-refractivity contribution in [2.45, 2.75) is 46.6 Å². The van der Waals surface area contributed by atoms with Crippen LogP contribution in [0, 0.1) is 12.3 Å². The van der Waals surface area contributed by atoms with Gasteiger partial charge in [0.15, 0.2) is 5.65 Å². The molecule has 148 valence electrons. The van der Waals surface area contributed by atoms with E-state index in [-0.39, 0.29) is 0 Å². The SMILES string of the molecule is CCC1(C)Cc2[nH]nc(-c3cnc4c(cnn4Cc4cnc(C)nc4N)c3)c2C1. The molecule has 0 saturated heterocycles. The predicted molar refractivity (Wildman–Crippen MR) is 111 cm³/mol. The van der Waals surface area contributed by atoms with Crippen molar-refractivity contribution < 1.29 is 0 Å². The summed E-state index contributed by atoms with van der Waals surface area (Å²) < 4.78 is 1.83. The second-order valence-electron chi connectivity index (χ2n) is 8.31. The van der Waals surface area contributed by atoms with Crippen LogP contribution in [0.15, 0.2) is 24.7 Å². The molecule has 4 aromatic heterocycles. The second-order valence-corrected chi connectivity index (χ2v) is 8.31. The van der Waals surface area contributed by atoms with Crippen LogP contribution in [-0.4, -0.2) is 34.9 Å². The number of hydrogen-bond acceptors (Lipinski definition) is 6. The smallest absolute Gasteiger partial charge is 0.158 e. The first kappa shape index (κ1) is 17.8. The predicted octanol–water partition coefficient (Wildman–Crippen LogP) is 3.07. The highest BCUT2D eigenvalue weighted by atomic mass is 15.3. The number of fused-ring (bicyclic) bond motifs is 2. The highest BCUT2D eigenvalue weighted by Crippen LogP contribution is 2.42. The third-order valence-corrected chi connectivity index (χ3v) is 6.10. The quantitative estimate of drug-likeness (QED) is 0.556. The Labute approximate surface area is 168 Å². The molecule has 5 rings (SSSR count). The van der Waals surface area contributed by atoms with Crippen molar-refractivity contribution in [1.82, 2.24) is 34.9 Å². The fourth-order valence-corrected chi connectivity index (χ4v) is 4.16. The third-order valence-electron chi connectivity index (χ3n) is 6.10. The summed E-state index contributed by atoms with van der Waals surface area (Å²) in [4.78, 5) is 13.2. The Morgan fingerprint density at radius 2 is 2.07 bits per heavy atom. The van der Waals surface area contributed by atoms with Gasteiger partial charge in [-0.05, 0) is 31.2 Å². The van der Waals surface area contributed by atoms with Crippen LogP contribution < -0.4 is 5.73 Å². The maximum Gasteiger partial charge on any atom is 0.158 e. The first-order valence-corrected chi connectivity index (χ1v) is 9.92. The maximum absolute atomic E-state index is 6.03. The van der Waals surface area contributed by atoms with Gasteiger partial charge in [0.25, 0.3) is 0 Å². The molecule has 0 bridgehead atoms. The van der Waals surface area contributed by atoms with Crippen molar-refractivity contribution in [3.63, 3.8) is 0 Å². The van der Waals surface area contributed by atoms with Crippen LogP contribution in [0.4, 0.5) is 5.82 Å². The van der Waals surface area contributed by atoms with Crippen LogP contribution >= 0.6 is 0 Å². The van der Waals surface area contributed by atoms with E-state index < -0.39 is 0 Å². The van der Waals surface area contributed by atoms with E-state index in [1.54, 1.807) is 6.20 Å². The number of nitrogens with zero attached hydrogens (tertiary/aromatic N) is 6.